The van der Waals surface area contributed by atoms with E-state index in [1.807, 2.05) is 11.8 Å². The second kappa shape index (κ2) is 4.75. The maximum Gasteiger partial charge on any atom is 0.154 e. The van der Waals surface area contributed by atoms with E-state index in [1.54, 1.807) is 0 Å². The molecular formula is C11H18N4S. The number of H-pyrrole nitrogens is 1. The standard InChI is InChI=1S/C11H18N4S/c1-2-9(7-16-5-1)11-13-10(14-15-11)8-3-4-12-6-8/h8-9,12H,1-7H2,(H,13,14,15). The van der Waals surface area contributed by atoms with Gasteiger partial charge in [-0.05, 0) is 31.6 Å². The van der Waals surface area contributed by atoms with Gasteiger partial charge >= 0.3 is 0 Å². The lowest BCUT2D eigenvalue weighted by Crippen LogP contribution is -2.11. The monoisotopic (exact) mass is 238 g/mol. The van der Waals surface area contributed by atoms with Crippen LogP contribution < -0.4 is 5.32 Å². The molecule has 0 bridgehead atoms. The van der Waals surface area contributed by atoms with E-state index in [1.165, 1.54) is 30.8 Å². The van der Waals surface area contributed by atoms with Gasteiger partial charge in [0.2, 0.25) is 0 Å². The maximum atomic E-state index is 4.70. The van der Waals surface area contributed by atoms with Crippen LogP contribution in [-0.2, 0) is 0 Å². The van der Waals surface area contributed by atoms with E-state index in [4.69, 9.17) is 4.98 Å². The number of aromatic nitrogens is 3. The van der Waals surface area contributed by atoms with E-state index in [0.717, 1.165) is 24.7 Å². The Balaban J connectivity index is 1.71. The molecular weight excluding hydrogens is 220 g/mol. The Labute approximate surface area is 100.0 Å². The van der Waals surface area contributed by atoms with E-state index in [9.17, 15) is 0 Å². The number of nitrogens with zero attached hydrogens (tertiary/aromatic N) is 2. The van der Waals surface area contributed by atoms with Crippen LogP contribution in [-0.4, -0.2) is 39.8 Å². The van der Waals surface area contributed by atoms with Crippen molar-refractivity contribution in [3.63, 3.8) is 0 Å². The zero-order valence-corrected chi connectivity index (χ0v) is 10.2. The van der Waals surface area contributed by atoms with Crippen LogP contribution in [0.5, 0.6) is 0 Å². The quantitative estimate of drug-likeness (QED) is 0.819. The summed E-state index contributed by atoms with van der Waals surface area (Å²) in [5.41, 5.74) is 0. The van der Waals surface area contributed by atoms with Crippen LogP contribution in [0.15, 0.2) is 0 Å². The Morgan fingerprint density at radius 2 is 2.25 bits per heavy atom. The molecule has 2 aliphatic heterocycles. The number of thioether (sulfide) groups is 1. The summed E-state index contributed by atoms with van der Waals surface area (Å²) in [6, 6.07) is 0. The molecule has 88 valence electrons. The summed E-state index contributed by atoms with van der Waals surface area (Å²) >= 11 is 2.03. The molecule has 2 aliphatic rings. The van der Waals surface area contributed by atoms with Gasteiger partial charge in [0.25, 0.3) is 0 Å². The Morgan fingerprint density at radius 1 is 1.25 bits per heavy atom. The Hall–Kier alpha value is -0.550. The largest absolute Gasteiger partial charge is 0.316 e. The fourth-order valence-corrected chi connectivity index (χ4v) is 3.62. The third-order valence-corrected chi connectivity index (χ3v) is 4.71. The highest BCUT2D eigenvalue weighted by Gasteiger charge is 2.24. The minimum Gasteiger partial charge on any atom is -0.316 e. The second-order valence-electron chi connectivity index (χ2n) is 4.68. The van der Waals surface area contributed by atoms with Gasteiger partial charge in [-0.25, -0.2) is 4.98 Å². The van der Waals surface area contributed by atoms with Crippen molar-refractivity contribution in [3.05, 3.63) is 11.6 Å². The van der Waals surface area contributed by atoms with Gasteiger partial charge in [0.05, 0.1) is 0 Å². The Bertz CT molecular complexity index is 340. The minimum atomic E-state index is 0.553. The predicted molar refractivity (Wildman–Crippen MR) is 65.9 cm³/mol. The average molecular weight is 238 g/mol. The van der Waals surface area contributed by atoms with Gasteiger partial charge in [0.1, 0.15) is 5.82 Å². The molecule has 2 fully saturated rings. The molecule has 3 heterocycles. The molecule has 3 rings (SSSR count). The molecule has 0 amide bonds. The van der Waals surface area contributed by atoms with Crippen LogP contribution in [0.2, 0.25) is 0 Å². The number of hydrogen-bond acceptors (Lipinski definition) is 4. The van der Waals surface area contributed by atoms with Gasteiger partial charge in [-0.2, -0.15) is 16.9 Å². The zero-order chi connectivity index (χ0) is 10.8. The highest BCUT2D eigenvalue weighted by Crippen LogP contribution is 2.30. The van der Waals surface area contributed by atoms with Crippen molar-refractivity contribution < 1.29 is 0 Å². The van der Waals surface area contributed by atoms with Crippen LogP contribution >= 0.6 is 11.8 Å². The molecule has 4 nitrogen and oxygen atoms in total. The summed E-state index contributed by atoms with van der Waals surface area (Å²) in [5.74, 6) is 5.78. The summed E-state index contributed by atoms with van der Waals surface area (Å²) in [5, 5.41) is 10.9. The van der Waals surface area contributed by atoms with Gasteiger partial charge in [-0.3, -0.25) is 5.10 Å². The van der Waals surface area contributed by atoms with Gasteiger partial charge in [-0.15, -0.1) is 0 Å². The average Bonchev–Trinajstić information content (AvgIpc) is 3.01. The van der Waals surface area contributed by atoms with Gasteiger partial charge in [-0.1, -0.05) is 0 Å². The first-order valence-corrected chi connectivity index (χ1v) is 7.29. The molecule has 1 aromatic heterocycles. The van der Waals surface area contributed by atoms with Crippen molar-refractivity contribution in [2.45, 2.75) is 31.1 Å². The number of rotatable bonds is 2. The molecule has 1 aromatic rings. The molecule has 0 saturated carbocycles. The molecule has 2 N–H and O–H groups in total. The smallest absolute Gasteiger partial charge is 0.154 e. The summed E-state index contributed by atoms with van der Waals surface area (Å²) in [6.45, 7) is 2.16. The van der Waals surface area contributed by atoms with E-state index in [0.29, 0.717) is 11.8 Å². The molecule has 16 heavy (non-hydrogen) atoms. The molecule has 2 unspecified atom stereocenters. The highest BCUT2D eigenvalue weighted by atomic mass is 32.2. The van der Waals surface area contributed by atoms with Crippen LogP contribution in [0, 0.1) is 0 Å². The zero-order valence-electron chi connectivity index (χ0n) is 9.41. The van der Waals surface area contributed by atoms with Crippen molar-refractivity contribution in [2.75, 3.05) is 24.6 Å². The van der Waals surface area contributed by atoms with E-state index < -0.39 is 0 Å². The van der Waals surface area contributed by atoms with Gasteiger partial charge in [0.15, 0.2) is 5.82 Å². The lowest BCUT2D eigenvalue weighted by atomic mass is 10.0. The molecule has 2 atom stereocenters. The molecule has 0 radical (unpaired) electrons. The first-order chi connectivity index (χ1) is 7.93. The van der Waals surface area contributed by atoms with Gasteiger partial charge in [0, 0.05) is 24.1 Å². The summed E-state index contributed by atoms with van der Waals surface area (Å²) in [6.07, 6.45) is 3.76. The fourth-order valence-electron chi connectivity index (χ4n) is 2.49. The molecule has 0 spiro atoms. The topological polar surface area (TPSA) is 53.6 Å². The summed E-state index contributed by atoms with van der Waals surface area (Å²) < 4.78 is 0. The van der Waals surface area contributed by atoms with E-state index >= 15 is 0 Å². The molecule has 0 aromatic carbocycles. The van der Waals surface area contributed by atoms with Crippen LogP contribution in [0.1, 0.15) is 42.7 Å². The normalized spacial score (nSPS) is 30.8. The number of nitrogens with one attached hydrogen (secondary N) is 2. The molecule has 2 saturated heterocycles. The summed E-state index contributed by atoms with van der Waals surface area (Å²) in [7, 11) is 0. The first kappa shape index (κ1) is 10.6. The second-order valence-corrected chi connectivity index (χ2v) is 5.83. The number of hydrogen-bond donors (Lipinski definition) is 2. The van der Waals surface area contributed by atoms with Crippen LogP contribution in [0.4, 0.5) is 0 Å². The van der Waals surface area contributed by atoms with Crippen molar-refractivity contribution in [2.24, 2.45) is 0 Å². The predicted octanol–water partition coefficient (Wildman–Crippen LogP) is 1.49. The van der Waals surface area contributed by atoms with Crippen molar-refractivity contribution in [1.29, 1.82) is 0 Å². The van der Waals surface area contributed by atoms with Gasteiger partial charge < -0.3 is 5.32 Å². The van der Waals surface area contributed by atoms with Crippen molar-refractivity contribution in [3.8, 4) is 0 Å². The highest BCUT2D eigenvalue weighted by molar-refractivity contribution is 7.99. The third kappa shape index (κ3) is 2.11. The van der Waals surface area contributed by atoms with Crippen molar-refractivity contribution in [1.82, 2.24) is 20.5 Å². The van der Waals surface area contributed by atoms with E-state index in [2.05, 4.69) is 15.5 Å². The lowest BCUT2D eigenvalue weighted by Gasteiger charge is -2.17. The minimum absolute atomic E-state index is 0.553. The first-order valence-electron chi connectivity index (χ1n) is 6.14. The van der Waals surface area contributed by atoms with Crippen LogP contribution in [0.3, 0.4) is 0 Å². The Morgan fingerprint density at radius 3 is 3.00 bits per heavy atom. The molecule has 0 aliphatic carbocycles. The SMILES string of the molecule is C1CSCC(c2n[nH]c(C3CCNC3)n2)C1. The van der Waals surface area contributed by atoms with Crippen molar-refractivity contribution >= 4 is 11.8 Å². The van der Waals surface area contributed by atoms with E-state index in [-0.39, 0.29) is 0 Å². The summed E-state index contributed by atoms with van der Waals surface area (Å²) in [4.78, 5) is 4.70. The Kier molecular flexibility index (Phi) is 3.15. The third-order valence-electron chi connectivity index (χ3n) is 3.49. The lowest BCUT2D eigenvalue weighted by molar-refractivity contribution is 0.624. The van der Waals surface area contributed by atoms with Crippen LogP contribution in [0.25, 0.3) is 0 Å². The number of aromatic amines is 1. The maximum absolute atomic E-state index is 4.70. The molecule has 5 heteroatoms. The fraction of sp³-hybridized carbons (Fsp3) is 0.818.